The maximum Gasteiger partial charge on any atom is 0.328 e. The van der Waals surface area contributed by atoms with Crippen molar-refractivity contribution in [1.29, 1.82) is 0 Å². The summed E-state index contributed by atoms with van der Waals surface area (Å²) in [6.45, 7) is 5.33. The Morgan fingerprint density at radius 3 is 2.31 bits per heavy atom. The van der Waals surface area contributed by atoms with Crippen molar-refractivity contribution in [2.75, 3.05) is 0 Å². The van der Waals surface area contributed by atoms with E-state index in [1.54, 1.807) is 20.8 Å². The monoisotopic (exact) mass is 247 g/mol. The lowest BCUT2D eigenvalue weighted by Gasteiger charge is -2.19. The second-order valence-electron chi connectivity index (χ2n) is 4.30. The van der Waals surface area contributed by atoms with E-state index in [1.807, 2.05) is 0 Å². The second kappa shape index (κ2) is 3.91. The van der Waals surface area contributed by atoms with Crippen molar-refractivity contribution in [3.63, 3.8) is 0 Å². The van der Waals surface area contributed by atoms with Crippen LogP contribution in [-0.2, 0) is 10.1 Å². The van der Waals surface area contributed by atoms with Crippen LogP contribution in [0.25, 0.3) is 0 Å². The summed E-state index contributed by atoms with van der Waals surface area (Å²) in [6.07, 6.45) is 0. The van der Waals surface area contributed by atoms with Crippen LogP contribution >= 0.6 is 0 Å². The molecule has 1 amide bonds. The number of nitrogens with one attached hydrogen (secondary N) is 1. The molecule has 0 aliphatic rings. The molecule has 16 heavy (non-hydrogen) atoms. The van der Waals surface area contributed by atoms with E-state index in [0.717, 1.165) is 6.07 Å². The van der Waals surface area contributed by atoms with E-state index in [0.29, 0.717) is 0 Å². The van der Waals surface area contributed by atoms with Gasteiger partial charge in [-0.15, -0.1) is 0 Å². The van der Waals surface area contributed by atoms with E-state index in [9.17, 15) is 13.2 Å². The van der Waals surface area contributed by atoms with E-state index >= 15 is 0 Å². The molecule has 0 unspecified atom stereocenters. The van der Waals surface area contributed by atoms with Crippen LogP contribution < -0.4 is 5.32 Å². The Kier molecular flexibility index (Phi) is 3.11. The highest BCUT2D eigenvalue weighted by Gasteiger charge is 2.21. The van der Waals surface area contributed by atoms with Gasteiger partial charge in [0, 0.05) is 5.54 Å². The molecule has 0 bridgehead atoms. The molecule has 0 radical (unpaired) electrons. The summed E-state index contributed by atoms with van der Waals surface area (Å²) in [7, 11) is -4.41. The molecule has 1 aromatic rings. The molecule has 0 aliphatic carbocycles. The molecule has 1 heterocycles. The van der Waals surface area contributed by atoms with Gasteiger partial charge in [-0.05, 0) is 32.9 Å². The second-order valence-corrected chi connectivity index (χ2v) is 5.65. The molecule has 0 fully saturated rings. The number of hydrogen-bond donors (Lipinski definition) is 2. The summed E-state index contributed by atoms with van der Waals surface area (Å²) in [5, 5.41) is 1.94. The molecular weight excluding hydrogens is 234 g/mol. The minimum Gasteiger partial charge on any atom is -0.437 e. The van der Waals surface area contributed by atoms with Crippen molar-refractivity contribution in [3.05, 3.63) is 17.9 Å². The Hall–Kier alpha value is -1.34. The number of carbonyl (C=O) groups is 1. The molecule has 1 rings (SSSR count). The lowest BCUT2D eigenvalue weighted by atomic mass is 10.1. The van der Waals surface area contributed by atoms with Gasteiger partial charge in [-0.25, -0.2) is 0 Å². The highest BCUT2D eigenvalue weighted by molar-refractivity contribution is 7.85. The molecule has 0 aliphatic heterocycles. The van der Waals surface area contributed by atoms with Gasteiger partial charge in [-0.3, -0.25) is 9.35 Å². The third kappa shape index (κ3) is 3.35. The minimum absolute atomic E-state index is 0.164. The minimum atomic E-state index is -4.41. The van der Waals surface area contributed by atoms with Crippen molar-refractivity contribution in [3.8, 4) is 0 Å². The first-order valence-corrected chi connectivity index (χ1v) is 5.93. The van der Waals surface area contributed by atoms with Gasteiger partial charge < -0.3 is 9.73 Å². The van der Waals surface area contributed by atoms with Gasteiger partial charge in [0.25, 0.3) is 5.91 Å². The van der Waals surface area contributed by atoms with Crippen LogP contribution in [0.15, 0.2) is 21.6 Å². The zero-order valence-corrected chi connectivity index (χ0v) is 9.96. The lowest BCUT2D eigenvalue weighted by molar-refractivity contribution is 0.0885. The largest absolute Gasteiger partial charge is 0.437 e. The van der Waals surface area contributed by atoms with Gasteiger partial charge in [-0.2, -0.15) is 8.42 Å². The molecule has 0 spiro atoms. The SMILES string of the molecule is CC(C)(C)NC(=O)c1ccc(S(=O)(=O)O)o1. The molecule has 0 aromatic carbocycles. The number of amides is 1. The first-order chi connectivity index (χ1) is 7.09. The Bertz CT molecular complexity index is 494. The average Bonchev–Trinajstić information content (AvgIpc) is 2.46. The fourth-order valence-corrected chi connectivity index (χ4v) is 1.42. The van der Waals surface area contributed by atoms with Gasteiger partial charge >= 0.3 is 10.1 Å². The van der Waals surface area contributed by atoms with E-state index in [-0.39, 0.29) is 5.76 Å². The number of carbonyl (C=O) groups excluding carboxylic acids is 1. The lowest BCUT2D eigenvalue weighted by Crippen LogP contribution is -2.40. The average molecular weight is 247 g/mol. The van der Waals surface area contributed by atoms with Crippen LogP contribution in [0, 0.1) is 0 Å². The van der Waals surface area contributed by atoms with Gasteiger partial charge in [0.15, 0.2) is 5.76 Å². The zero-order valence-electron chi connectivity index (χ0n) is 9.14. The zero-order chi connectivity index (χ0) is 12.6. The molecule has 2 N–H and O–H groups in total. The van der Waals surface area contributed by atoms with Crippen molar-refractivity contribution in [1.82, 2.24) is 5.32 Å². The van der Waals surface area contributed by atoms with Crippen LogP contribution in [0.1, 0.15) is 31.3 Å². The summed E-state index contributed by atoms with van der Waals surface area (Å²) >= 11 is 0. The molecule has 6 nitrogen and oxygen atoms in total. The summed E-state index contributed by atoms with van der Waals surface area (Å²) < 4.78 is 34.7. The van der Waals surface area contributed by atoms with Crippen LogP contribution in [0.5, 0.6) is 0 Å². The molecule has 0 saturated heterocycles. The maximum absolute atomic E-state index is 11.5. The van der Waals surface area contributed by atoms with E-state index < -0.39 is 26.7 Å². The predicted octanol–water partition coefficient (Wildman–Crippen LogP) is 1.05. The third-order valence-electron chi connectivity index (χ3n) is 1.55. The van der Waals surface area contributed by atoms with Gasteiger partial charge in [0.1, 0.15) is 0 Å². The van der Waals surface area contributed by atoms with Crippen molar-refractivity contribution < 1.29 is 22.2 Å². The molecule has 0 atom stereocenters. The fourth-order valence-electron chi connectivity index (χ4n) is 0.983. The standard InChI is InChI=1S/C9H13NO5S/c1-9(2,3)10-8(11)6-4-5-7(15-6)16(12,13)14/h4-5H,1-3H3,(H,10,11)(H,12,13,14). The Morgan fingerprint density at radius 1 is 1.38 bits per heavy atom. The van der Waals surface area contributed by atoms with E-state index in [1.165, 1.54) is 6.07 Å². The maximum atomic E-state index is 11.5. The summed E-state index contributed by atoms with van der Waals surface area (Å²) in [6, 6.07) is 2.21. The van der Waals surface area contributed by atoms with Crippen molar-refractivity contribution in [2.45, 2.75) is 31.4 Å². The van der Waals surface area contributed by atoms with Crippen LogP contribution in [-0.4, -0.2) is 24.4 Å². The van der Waals surface area contributed by atoms with Crippen molar-refractivity contribution in [2.24, 2.45) is 0 Å². The molecule has 90 valence electrons. The Labute approximate surface area is 93.4 Å². The number of hydrogen-bond acceptors (Lipinski definition) is 4. The van der Waals surface area contributed by atoms with Crippen LogP contribution in [0.4, 0.5) is 0 Å². The fraction of sp³-hybridized carbons (Fsp3) is 0.444. The molecule has 7 heteroatoms. The predicted molar refractivity (Wildman–Crippen MR) is 55.7 cm³/mol. The highest BCUT2D eigenvalue weighted by atomic mass is 32.2. The molecular formula is C9H13NO5S. The van der Waals surface area contributed by atoms with Gasteiger partial charge in [-0.1, -0.05) is 0 Å². The Balaban J connectivity index is 2.92. The molecule has 0 saturated carbocycles. The number of furan rings is 1. The normalized spacial score (nSPS) is 12.5. The summed E-state index contributed by atoms with van der Waals surface area (Å²) in [5.74, 6) is -0.704. The smallest absolute Gasteiger partial charge is 0.328 e. The first-order valence-electron chi connectivity index (χ1n) is 4.49. The summed E-state index contributed by atoms with van der Waals surface area (Å²) in [5.41, 5.74) is -0.456. The quantitative estimate of drug-likeness (QED) is 0.761. The van der Waals surface area contributed by atoms with Crippen LogP contribution in [0.3, 0.4) is 0 Å². The van der Waals surface area contributed by atoms with Gasteiger partial charge in [0.05, 0.1) is 0 Å². The third-order valence-corrected chi connectivity index (χ3v) is 2.28. The highest BCUT2D eigenvalue weighted by Crippen LogP contribution is 2.14. The Morgan fingerprint density at radius 2 is 1.94 bits per heavy atom. The van der Waals surface area contributed by atoms with Crippen LogP contribution in [0.2, 0.25) is 0 Å². The van der Waals surface area contributed by atoms with E-state index in [4.69, 9.17) is 8.97 Å². The van der Waals surface area contributed by atoms with Gasteiger partial charge in [0.2, 0.25) is 5.09 Å². The summed E-state index contributed by atoms with van der Waals surface area (Å²) in [4.78, 5) is 11.5. The molecule has 1 aromatic heterocycles. The topological polar surface area (TPSA) is 96.6 Å². The first kappa shape index (κ1) is 12.7. The van der Waals surface area contributed by atoms with Crippen molar-refractivity contribution >= 4 is 16.0 Å². The number of rotatable bonds is 2. The van der Waals surface area contributed by atoms with E-state index in [2.05, 4.69) is 5.32 Å².